The fraction of sp³-hybridized carbons (Fsp3) is 0.381. The molecule has 0 fully saturated rings. The van der Waals surface area contributed by atoms with Crippen molar-refractivity contribution in [2.24, 2.45) is 0 Å². The molecule has 0 radical (unpaired) electrons. The molecule has 28 heavy (non-hydrogen) atoms. The van der Waals surface area contributed by atoms with Gasteiger partial charge in [-0.1, -0.05) is 23.8 Å². The molecule has 0 aliphatic heterocycles. The topological polar surface area (TPSA) is 75.3 Å². The molecule has 2 aromatic rings. The highest BCUT2D eigenvalue weighted by Crippen LogP contribution is 2.19. The Morgan fingerprint density at radius 3 is 2.29 bits per heavy atom. The van der Waals surface area contributed by atoms with Crippen LogP contribution < -0.4 is 10.0 Å². The van der Waals surface area contributed by atoms with Gasteiger partial charge in [-0.05, 0) is 64.4 Å². The number of amides is 1. The summed E-state index contributed by atoms with van der Waals surface area (Å²) in [5.41, 5.74) is 1.72. The van der Waals surface area contributed by atoms with Crippen LogP contribution in [0.25, 0.3) is 0 Å². The van der Waals surface area contributed by atoms with E-state index in [1.54, 1.807) is 45.5 Å². The predicted octanol–water partition coefficient (Wildman–Crippen LogP) is 3.90. The molecule has 2 N–H and O–H groups in total. The predicted molar refractivity (Wildman–Crippen MR) is 115 cm³/mol. The minimum absolute atomic E-state index is 0.0900. The first kappa shape index (κ1) is 22.5. The van der Waals surface area contributed by atoms with E-state index in [9.17, 15) is 13.2 Å². The summed E-state index contributed by atoms with van der Waals surface area (Å²) >= 11 is 1.66. The Balaban J connectivity index is 2.01. The minimum Gasteiger partial charge on any atom is -0.351 e. The Hall–Kier alpha value is -1.83. The normalized spacial score (nSPS) is 12.0. The van der Waals surface area contributed by atoms with Gasteiger partial charge in [0.1, 0.15) is 0 Å². The van der Waals surface area contributed by atoms with Crippen molar-refractivity contribution in [3.05, 3.63) is 59.2 Å². The van der Waals surface area contributed by atoms with E-state index in [0.29, 0.717) is 12.1 Å². The van der Waals surface area contributed by atoms with Crippen LogP contribution in [-0.4, -0.2) is 32.2 Å². The van der Waals surface area contributed by atoms with Crippen molar-refractivity contribution >= 4 is 27.7 Å². The lowest BCUT2D eigenvalue weighted by Crippen LogP contribution is -2.40. The second-order valence-electron chi connectivity index (χ2n) is 7.75. The Morgan fingerprint density at radius 2 is 1.68 bits per heavy atom. The lowest BCUT2D eigenvalue weighted by Gasteiger charge is -2.20. The number of carbonyl (C=O) groups excluding carboxylic acids is 1. The molecule has 0 aliphatic carbocycles. The number of hydrogen-bond donors (Lipinski definition) is 2. The summed E-state index contributed by atoms with van der Waals surface area (Å²) in [7, 11) is -3.69. The Kier molecular flexibility index (Phi) is 7.31. The molecule has 0 saturated heterocycles. The highest BCUT2D eigenvalue weighted by molar-refractivity contribution is 7.99. The molecule has 1 amide bonds. The van der Waals surface area contributed by atoms with Crippen LogP contribution in [0.15, 0.2) is 52.3 Å². The van der Waals surface area contributed by atoms with Gasteiger partial charge in [-0.2, -0.15) is 0 Å². The van der Waals surface area contributed by atoms with E-state index < -0.39 is 15.6 Å². The zero-order chi connectivity index (χ0) is 20.9. The van der Waals surface area contributed by atoms with Crippen LogP contribution in [0.2, 0.25) is 0 Å². The van der Waals surface area contributed by atoms with Crippen molar-refractivity contribution < 1.29 is 13.2 Å². The standard InChI is InChI=1S/C21H28N2O3S2/c1-15-6-9-17(10-7-15)27-13-12-22-20(24)19-14-18(11-8-16(19)2)28(25,26)23-21(3,4)5/h6-11,14,23H,12-13H2,1-5H3,(H,22,24). The highest BCUT2D eigenvalue weighted by atomic mass is 32.2. The van der Waals surface area contributed by atoms with Crippen LogP contribution in [0.1, 0.15) is 42.3 Å². The molecule has 2 aromatic carbocycles. The van der Waals surface area contributed by atoms with Crippen molar-refractivity contribution in [1.29, 1.82) is 0 Å². The Morgan fingerprint density at radius 1 is 1.04 bits per heavy atom. The lowest BCUT2D eigenvalue weighted by molar-refractivity contribution is 0.0955. The monoisotopic (exact) mass is 420 g/mol. The third kappa shape index (κ3) is 6.65. The van der Waals surface area contributed by atoms with Crippen LogP contribution in [0, 0.1) is 13.8 Å². The van der Waals surface area contributed by atoms with E-state index >= 15 is 0 Å². The first-order chi connectivity index (χ1) is 13.0. The maximum absolute atomic E-state index is 12.6. The summed E-state index contributed by atoms with van der Waals surface area (Å²) in [6.45, 7) is 9.66. The Labute approximate surface area is 172 Å². The van der Waals surface area contributed by atoms with Gasteiger partial charge in [-0.25, -0.2) is 13.1 Å². The van der Waals surface area contributed by atoms with E-state index in [1.807, 2.05) is 6.92 Å². The minimum atomic E-state index is -3.69. The van der Waals surface area contributed by atoms with E-state index in [0.717, 1.165) is 16.2 Å². The zero-order valence-corrected chi connectivity index (χ0v) is 18.6. The maximum atomic E-state index is 12.6. The molecule has 5 nitrogen and oxygen atoms in total. The molecule has 0 aliphatic rings. The second-order valence-corrected chi connectivity index (χ2v) is 10.6. The lowest BCUT2D eigenvalue weighted by atomic mass is 10.1. The fourth-order valence-electron chi connectivity index (χ4n) is 2.54. The van der Waals surface area contributed by atoms with Crippen molar-refractivity contribution in [3.8, 4) is 0 Å². The largest absolute Gasteiger partial charge is 0.351 e. The van der Waals surface area contributed by atoms with Crippen LogP contribution in [0.5, 0.6) is 0 Å². The summed E-state index contributed by atoms with van der Waals surface area (Å²) in [5, 5.41) is 2.87. The molecule has 0 saturated carbocycles. The second kappa shape index (κ2) is 9.11. The van der Waals surface area contributed by atoms with Gasteiger partial charge in [0.15, 0.2) is 0 Å². The molecule has 0 unspecified atom stereocenters. The van der Waals surface area contributed by atoms with E-state index in [-0.39, 0.29) is 10.8 Å². The molecule has 0 spiro atoms. The highest BCUT2D eigenvalue weighted by Gasteiger charge is 2.23. The molecule has 0 atom stereocenters. The fourth-order valence-corrected chi connectivity index (χ4v) is 4.75. The summed E-state index contributed by atoms with van der Waals surface area (Å²) in [5.74, 6) is 0.465. The molecule has 2 rings (SSSR count). The van der Waals surface area contributed by atoms with Gasteiger partial charge >= 0.3 is 0 Å². The van der Waals surface area contributed by atoms with Crippen LogP contribution in [0.3, 0.4) is 0 Å². The summed E-state index contributed by atoms with van der Waals surface area (Å²) in [6, 6.07) is 12.8. The molecular formula is C21H28N2O3S2. The molecule has 7 heteroatoms. The van der Waals surface area contributed by atoms with Gasteiger partial charge in [0.25, 0.3) is 5.91 Å². The smallest absolute Gasteiger partial charge is 0.251 e. The quantitative estimate of drug-likeness (QED) is 0.526. The van der Waals surface area contributed by atoms with Crippen LogP contribution >= 0.6 is 11.8 Å². The summed E-state index contributed by atoms with van der Waals surface area (Å²) < 4.78 is 27.7. The van der Waals surface area contributed by atoms with Gasteiger partial charge in [0.05, 0.1) is 4.90 Å². The van der Waals surface area contributed by atoms with Crippen LogP contribution in [0.4, 0.5) is 0 Å². The molecule has 152 valence electrons. The third-order valence-electron chi connectivity index (χ3n) is 3.88. The number of aryl methyl sites for hydroxylation is 2. The van der Waals surface area contributed by atoms with Crippen molar-refractivity contribution in [1.82, 2.24) is 10.0 Å². The number of thioether (sulfide) groups is 1. The van der Waals surface area contributed by atoms with Crippen molar-refractivity contribution in [2.75, 3.05) is 12.3 Å². The van der Waals surface area contributed by atoms with E-state index in [4.69, 9.17) is 0 Å². The van der Waals surface area contributed by atoms with Crippen molar-refractivity contribution in [3.63, 3.8) is 0 Å². The van der Waals surface area contributed by atoms with Gasteiger partial charge in [0, 0.05) is 28.3 Å². The number of sulfonamides is 1. The third-order valence-corrected chi connectivity index (χ3v) is 6.65. The summed E-state index contributed by atoms with van der Waals surface area (Å²) in [4.78, 5) is 13.8. The van der Waals surface area contributed by atoms with E-state index in [1.165, 1.54) is 17.7 Å². The average Bonchev–Trinajstić information content (AvgIpc) is 2.58. The number of hydrogen-bond acceptors (Lipinski definition) is 4. The Bertz CT molecular complexity index is 931. The molecule has 0 bridgehead atoms. The average molecular weight is 421 g/mol. The SMILES string of the molecule is Cc1ccc(SCCNC(=O)c2cc(S(=O)(=O)NC(C)(C)C)ccc2C)cc1. The van der Waals surface area contributed by atoms with Crippen LogP contribution in [-0.2, 0) is 10.0 Å². The first-order valence-electron chi connectivity index (χ1n) is 9.10. The van der Waals surface area contributed by atoms with Gasteiger partial charge in [-0.3, -0.25) is 4.79 Å². The number of benzene rings is 2. The van der Waals surface area contributed by atoms with Gasteiger partial charge < -0.3 is 5.32 Å². The maximum Gasteiger partial charge on any atom is 0.251 e. The number of carbonyl (C=O) groups is 1. The van der Waals surface area contributed by atoms with E-state index in [2.05, 4.69) is 34.3 Å². The zero-order valence-electron chi connectivity index (χ0n) is 17.0. The number of nitrogens with one attached hydrogen (secondary N) is 2. The number of rotatable bonds is 7. The van der Waals surface area contributed by atoms with Crippen molar-refractivity contribution in [2.45, 2.75) is 49.9 Å². The first-order valence-corrected chi connectivity index (χ1v) is 11.6. The summed E-state index contributed by atoms with van der Waals surface area (Å²) in [6.07, 6.45) is 0. The van der Waals surface area contributed by atoms with Gasteiger partial charge in [-0.15, -0.1) is 11.8 Å². The van der Waals surface area contributed by atoms with Gasteiger partial charge in [0.2, 0.25) is 10.0 Å². The molecule has 0 heterocycles. The molecular weight excluding hydrogens is 392 g/mol. The molecule has 0 aromatic heterocycles.